The molecule has 2 heteroatoms. The fraction of sp³-hybridized carbons (Fsp3) is 0.562. The van der Waals surface area contributed by atoms with Crippen LogP contribution in [0.1, 0.15) is 61.4 Å². The fourth-order valence-corrected chi connectivity index (χ4v) is 2.39. The zero-order valence-corrected chi connectivity index (χ0v) is 11.4. The fourth-order valence-electron chi connectivity index (χ4n) is 2.39. The molecule has 0 aliphatic heterocycles. The summed E-state index contributed by atoms with van der Waals surface area (Å²) in [7, 11) is 0. The van der Waals surface area contributed by atoms with Gasteiger partial charge in [-0.25, -0.2) is 0 Å². The molecule has 0 saturated heterocycles. The molecule has 0 spiro atoms. The Morgan fingerprint density at radius 1 is 1.33 bits per heavy atom. The smallest absolute Gasteiger partial charge is 0.164 e. The second kappa shape index (κ2) is 5.66. The predicted octanol–water partition coefficient (Wildman–Crippen LogP) is 3.51. The van der Waals surface area contributed by atoms with E-state index in [2.05, 4.69) is 19.9 Å². The number of nitrogens with two attached hydrogens (primary N) is 1. The number of hydrogen-bond donors (Lipinski definition) is 1. The summed E-state index contributed by atoms with van der Waals surface area (Å²) in [6.07, 6.45) is 4.20. The molecule has 0 radical (unpaired) electrons. The normalized spacial score (nSPS) is 17.6. The molecule has 0 amide bonds. The second-order valence-corrected chi connectivity index (χ2v) is 5.75. The Kier molecular flexibility index (Phi) is 4.18. The number of carbonyl (C=O) groups is 1. The maximum absolute atomic E-state index is 12.3. The van der Waals surface area contributed by atoms with Crippen LogP contribution < -0.4 is 5.73 Å². The van der Waals surface area contributed by atoms with E-state index in [4.69, 9.17) is 5.73 Å². The van der Waals surface area contributed by atoms with Crippen LogP contribution >= 0.6 is 0 Å². The zero-order chi connectivity index (χ0) is 13.1. The molecule has 1 saturated carbocycles. The van der Waals surface area contributed by atoms with Gasteiger partial charge < -0.3 is 5.73 Å². The van der Waals surface area contributed by atoms with E-state index in [1.54, 1.807) is 0 Å². The molecule has 1 unspecified atom stereocenters. The number of hydrogen-bond acceptors (Lipinski definition) is 2. The van der Waals surface area contributed by atoms with Gasteiger partial charge in [-0.05, 0) is 30.2 Å². The van der Waals surface area contributed by atoms with Gasteiger partial charge in [0.25, 0.3) is 0 Å². The Morgan fingerprint density at radius 2 is 2.00 bits per heavy atom. The highest BCUT2D eigenvalue weighted by atomic mass is 16.1. The van der Waals surface area contributed by atoms with Gasteiger partial charge in [-0.1, -0.05) is 44.5 Å². The average Bonchev–Trinajstić information content (AvgIpc) is 2.27. The molecule has 18 heavy (non-hydrogen) atoms. The van der Waals surface area contributed by atoms with Crippen LogP contribution in [0.4, 0.5) is 0 Å². The molecule has 1 fully saturated rings. The SMILES string of the molecule is CC(C)C(N)CC(=O)c1ccccc1C1CCC1. The van der Waals surface area contributed by atoms with Crippen LogP contribution in [0.2, 0.25) is 0 Å². The summed E-state index contributed by atoms with van der Waals surface area (Å²) in [5.74, 6) is 1.16. The van der Waals surface area contributed by atoms with Gasteiger partial charge in [-0.15, -0.1) is 0 Å². The number of Topliss-reactive ketones (excluding diaryl/α,β-unsaturated/α-hetero) is 1. The number of benzene rings is 1. The molecule has 98 valence electrons. The van der Waals surface area contributed by atoms with Crippen molar-refractivity contribution in [1.29, 1.82) is 0 Å². The lowest BCUT2D eigenvalue weighted by atomic mass is 9.77. The topological polar surface area (TPSA) is 43.1 Å². The lowest BCUT2D eigenvalue weighted by molar-refractivity contribution is 0.0965. The first kappa shape index (κ1) is 13.3. The summed E-state index contributed by atoms with van der Waals surface area (Å²) in [6.45, 7) is 4.13. The first-order chi connectivity index (χ1) is 8.59. The Hall–Kier alpha value is -1.15. The van der Waals surface area contributed by atoms with Crippen molar-refractivity contribution < 1.29 is 4.79 Å². The summed E-state index contributed by atoms with van der Waals surface area (Å²) >= 11 is 0. The lowest BCUT2D eigenvalue weighted by Gasteiger charge is -2.28. The number of carbonyl (C=O) groups excluding carboxylic acids is 1. The van der Waals surface area contributed by atoms with E-state index >= 15 is 0 Å². The predicted molar refractivity (Wildman–Crippen MR) is 74.8 cm³/mol. The van der Waals surface area contributed by atoms with Gasteiger partial charge in [-0.3, -0.25) is 4.79 Å². The molecule has 2 nitrogen and oxygen atoms in total. The lowest BCUT2D eigenvalue weighted by Crippen LogP contribution is -2.29. The van der Waals surface area contributed by atoms with Crippen LogP contribution in [0.25, 0.3) is 0 Å². The van der Waals surface area contributed by atoms with Gasteiger partial charge in [0.1, 0.15) is 0 Å². The van der Waals surface area contributed by atoms with Gasteiger partial charge in [-0.2, -0.15) is 0 Å². The summed E-state index contributed by atoms with van der Waals surface area (Å²) in [5.41, 5.74) is 8.15. The van der Waals surface area contributed by atoms with Crippen molar-refractivity contribution in [2.24, 2.45) is 11.7 Å². The minimum atomic E-state index is -0.0352. The standard InChI is InChI=1S/C16H23NO/c1-11(2)15(17)10-16(18)14-9-4-3-8-13(14)12-6-5-7-12/h3-4,8-9,11-12,15H,5-7,10,17H2,1-2H3. The number of rotatable bonds is 5. The van der Waals surface area contributed by atoms with Crippen molar-refractivity contribution in [1.82, 2.24) is 0 Å². The first-order valence-corrected chi connectivity index (χ1v) is 6.97. The molecule has 1 atom stereocenters. The summed E-state index contributed by atoms with van der Waals surface area (Å²) in [4.78, 5) is 12.3. The summed E-state index contributed by atoms with van der Waals surface area (Å²) in [5, 5.41) is 0. The molecule has 2 N–H and O–H groups in total. The number of ketones is 1. The monoisotopic (exact) mass is 245 g/mol. The quantitative estimate of drug-likeness (QED) is 0.807. The third-order valence-electron chi connectivity index (χ3n) is 4.08. The van der Waals surface area contributed by atoms with Gasteiger partial charge in [0.2, 0.25) is 0 Å². The largest absolute Gasteiger partial charge is 0.327 e. The van der Waals surface area contributed by atoms with Crippen LogP contribution in [0, 0.1) is 5.92 Å². The Labute approximate surface area is 110 Å². The minimum Gasteiger partial charge on any atom is -0.327 e. The van der Waals surface area contributed by atoms with E-state index in [9.17, 15) is 4.79 Å². The molecule has 1 aliphatic carbocycles. The van der Waals surface area contributed by atoms with Crippen LogP contribution in [0.15, 0.2) is 24.3 Å². The Balaban J connectivity index is 2.14. The Bertz CT molecular complexity index is 421. The van der Waals surface area contributed by atoms with Crippen LogP contribution in [0.3, 0.4) is 0 Å². The summed E-state index contributed by atoms with van der Waals surface area (Å²) in [6, 6.07) is 8.02. The molecule has 0 bridgehead atoms. The van der Waals surface area contributed by atoms with E-state index in [0.717, 1.165) is 5.56 Å². The third-order valence-corrected chi connectivity index (χ3v) is 4.08. The molecular weight excluding hydrogens is 222 g/mol. The Morgan fingerprint density at radius 3 is 2.56 bits per heavy atom. The van der Waals surface area contributed by atoms with Crippen LogP contribution in [0.5, 0.6) is 0 Å². The van der Waals surface area contributed by atoms with E-state index in [0.29, 0.717) is 18.3 Å². The molecule has 1 aromatic carbocycles. The molecule has 0 heterocycles. The highest BCUT2D eigenvalue weighted by Crippen LogP contribution is 2.38. The zero-order valence-electron chi connectivity index (χ0n) is 11.4. The van der Waals surface area contributed by atoms with Crippen LogP contribution in [-0.2, 0) is 0 Å². The van der Waals surface area contributed by atoms with E-state index in [1.807, 2.05) is 18.2 Å². The summed E-state index contributed by atoms with van der Waals surface area (Å²) < 4.78 is 0. The van der Waals surface area contributed by atoms with Crippen molar-refractivity contribution in [3.8, 4) is 0 Å². The van der Waals surface area contributed by atoms with Gasteiger partial charge in [0, 0.05) is 18.0 Å². The van der Waals surface area contributed by atoms with Gasteiger partial charge in [0.05, 0.1) is 0 Å². The van der Waals surface area contributed by atoms with Crippen molar-refractivity contribution in [2.45, 2.75) is 51.5 Å². The van der Waals surface area contributed by atoms with Gasteiger partial charge >= 0.3 is 0 Å². The molecular formula is C16H23NO. The molecule has 1 aromatic rings. The highest BCUT2D eigenvalue weighted by Gasteiger charge is 2.25. The second-order valence-electron chi connectivity index (χ2n) is 5.75. The maximum Gasteiger partial charge on any atom is 0.164 e. The maximum atomic E-state index is 12.3. The van der Waals surface area contributed by atoms with Crippen molar-refractivity contribution in [2.75, 3.05) is 0 Å². The molecule has 1 aliphatic rings. The van der Waals surface area contributed by atoms with E-state index in [-0.39, 0.29) is 11.8 Å². The molecule has 0 aromatic heterocycles. The van der Waals surface area contributed by atoms with E-state index < -0.39 is 0 Å². The molecule has 2 rings (SSSR count). The van der Waals surface area contributed by atoms with Crippen molar-refractivity contribution >= 4 is 5.78 Å². The van der Waals surface area contributed by atoms with Gasteiger partial charge in [0.15, 0.2) is 5.78 Å². The van der Waals surface area contributed by atoms with Crippen LogP contribution in [-0.4, -0.2) is 11.8 Å². The third kappa shape index (κ3) is 2.81. The van der Waals surface area contributed by atoms with Crippen molar-refractivity contribution in [3.63, 3.8) is 0 Å². The van der Waals surface area contributed by atoms with E-state index in [1.165, 1.54) is 24.8 Å². The average molecular weight is 245 g/mol. The minimum absolute atomic E-state index is 0.0352. The first-order valence-electron chi connectivity index (χ1n) is 6.97. The highest BCUT2D eigenvalue weighted by molar-refractivity contribution is 5.98. The van der Waals surface area contributed by atoms with Crippen molar-refractivity contribution in [3.05, 3.63) is 35.4 Å².